The number of nitrogens with zero attached hydrogens (tertiary/aromatic N) is 1. The highest BCUT2D eigenvalue weighted by Crippen LogP contribution is 2.35. The van der Waals surface area contributed by atoms with E-state index in [0.29, 0.717) is 5.88 Å². The molecule has 0 aliphatic heterocycles. The summed E-state index contributed by atoms with van der Waals surface area (Å²) in [5.41, 5.74) is 11.1. The van der Waals surface area contributed by atoms with Gasteiger partial charge in [-0.1, -0.05) is 32.0 Å². The van der Waals surface area contributed by atoms with E-state index in [1.807, 2.05) is 6.92 Å². The van der Waals surface area contributed by atoms with E-state index in [0.717, 1.165) is 27.9 Å². The molecule has 2 heterocycles. The predicted octanol–water partition coefficient (Wildman–Crippen LogP) is 4.01. The smallest absolute Gasteiger partial charge is 0.222 e. The summed E-state index contributed by atoms with van der Waals surface area (Å²) >= 11 is 0. The zero-order chi connectivity index (χ0) is 14.5. The van der Waals surface area contributed by atoms with Crippen LogP contribution in [-0.2, 0) is 5.41 Å². The first-order valence-corrected chi connectivity index (χ1v) is 6.71. The number of H-pyrrole nitrogens is 1. The lowest BCUT2D eigenvalue weighted by atomic mass is 9.86. The van der Waals surface area contributed by atoms with Crippen molar-refractivity contribution in [1.82, 2.24) is 10.1 Å². The molecule has 0 bridgehead atoms. The van der Waals surface area contributed by atoms with Crippen LogP contribution in [0.15, 0.2) is 28.8 Å². The number of aryl methyl sites for hydroxylation is 1. The van der Waals surface area contributed by atoms with Gasteiger partial charge in [-0.2, -0.15) is 0 Å². The van der Waals surface area contributed by atoms with Gasteiger partial charge in [0.25, 0.3) is 0 Å². The minimum absolute atomic E-state index is 0.111. The standard InChI is InChI=1S/C16H19N3O/c1-9-15(13-8-14(17)20-19-13)11-7-10(16(2,3)4)5-6-12(11)18-9/h5-8,18H,17H2,1-4H3. The molecule has 0 spiro atoms. The molecule has 4 heteroatoms. The van der Waals surface area contributed by atoms with Gasteiger partial charge < -0.3 is 15.2 Å². The Morgan fingerprint density at radius 3 is 2.55 bits per heavy atom. The van der Waals surface area contributed by atoms with E-state index in [4.69, 9.17) is 10.3 Å². The summed E-state index contributed by atoms with van der Waals surface area (Å²) in [6.07, 6.45) is 0. The van der Waals surface area contributed by atoms with E-state index in [2.05, 4.69) is 49.1 Å². The summed E-state index contributed by atoms with van der Waals surface area (Å²) in [6.45, 7) is 8.67. The molecule has 20 heavy (non-hydrogen) atoms. The number of aromatic amines is 1. The molecule has 0 saturated heterocycles. The van der Waals surface area contributed by atoms with Crippen LogP contribution < -0.4 is 5.73 Å². The number of hydrogen-bond acceptors (Lipinski definition) is 3. The van der Waals surface area contributed by atoms with Gasteiger partial charge in [0, 0.05) is 28.2 Å². The molecule has 0 fully saturated rings. The summed E-state index contributed by atoms with van der Waals surface area (Å²) < 4.78 is 5.00. The zero-order valence-electron chi connectivity index (χ0n) is 12.2. The maximum atomic E-state index is 5.64. The molecule has 3 N–H and O–H groups in total. The highest BCUT2D eigenvalue weighted by Gasteiger charge is 2.18. The van der Waals surface area contributed by atoms with Gasteiger partial charge in [0.05, 0.1) is 0 Å². The molecule has 0 aliphatic rings. The number of hydrogen-bond donors (Lipinski definition) is 2. The monoisotopic (exact) mass is 269 g/mol. The number of anilines is 1. The van der Waals surface area contributed by atoms with Crippen molar-refractivity contribution in [2.45, 2.75) is 33.1 Å². The maximum absolute atomic E-state index is 5.64. The summed E-state index contributed by atoms with van der Waals surface area (Å²) in [5.74, 6) is 0.334. The van der Waals surface area contributed by atoms with E-state index in [1.165, 1.54) is 5.56 Å². The third kappa shape index (κ3) is 1.97. The largest absolute Gasteiger partial charge is 0.368 e. The third-order valence-electron chi connectivity index (χ3n) is 3.64. The first kappa shape index (κ1) is 12.8. The number of aromatic nitrogens is 2. The minimum Gasteiger partial charge on any atom is -0.368 e. The second kappa shape index (κ2) is 4.13. The summed E-state index contributed by atoms with van der Waals surface area (Å²) in [6, 6.07) is 8.27. The van der Waals surface area contributed by atoms with Gasteiger partial charge >= 0.3 is 0 Å². The number of nitrogens with one attached hydrogen (secondary N) is 1. The normalized spacial score (nSPS) is 12.2. The van der Waals surface area contributed by atoms with Gasteiger partial charge in [-0.25, -0.2) is 0 Å². The van der Waals surface area contributed by atoms with Crippen LogP contribution in [0.5, 0.6) is 0 Å². The molecule has 3 rings (SSSR count). The van der Waals surface area contributed by atoms with Crippen molar-refractivity contribution in [3.63, 3.8) is 0 Å². The lowest BCUT2D eigenvalue weighted by molar-refractivity contribution is 0.439. The molecule has 1 aromatic carbocycles. The molecule has 0 radical (unpaired) electrons. The quantitative estimate of drug-likeness (QED) is 0.701. The molecule has 0 aliphatic carbocycles. The molecular formula is C16H19N3O. The fourth-order valence-electron chi connectivity index (χ4n) is 2.53. The Morgan fingerprint density at radius 1 is 1.20 bits per heavy atom. The topological polar surface area (TPSA) is 67.8 Å². The number of nitrogen functional groups attached to an aromatic ring is 1. The predicted molar refractivity (Wildman–Crippen MR) is 81.6 cm³/mol. The third-order valence-corrected chi connectivity index (χ3v) is 3.64. The van der Waals surface area contributed by atoms with Gasteiger partial charge in [0.15, 0.2) is 0 Å². The highest BCUT2D eigenvalue weighted by atomic mass is 16.5. The Balaban J connectivity index is 2.28. The van der Waals surface area contributed by atoms with E-state index >= 15 is 0 Å². The number of rotatable bonds is 1. The van der Waals surface area contributed by atoms with Crippen LogP contribution in [-0.4, -0.2) is 10.1 Å². The van der Waals surface area contributed by atoms with Gasteiger partial charge in [-0.3, -0.25) is 0 Å². The number of nitrogens with two attached hydrogens (primary N) is 1. The minimum atomic E-state index is 0.111. The summed E-state index contributed by atoms with van der Waals surface area (Å²) in [4.78, 5) is 3.39. The van der Waals surface area contributed by atoms with Crippen molar-refractivity contribution in [2.24, 2.45) is 0 Å². The Kier molecular flexibility index (Phi) is 2.64. The first-order chi connectivity index (χ1) is 9.36. The molecular weight excluding hydrogens is 250 g/mol. The van der Waals surface area contributed by atoms with E-state index in [9.17, 15) is 0 Å². The Labute approximate surface area is 118 Å². The second-order valence-corrected chi connectivity index (χ2v) is 6.25. The van der Waals surface area contributed by atoms with Crippen molar-refractivity contribution < 1.29 is 4.52 Å². The summed E-state index contributed by atoms with van der Waals surface area (Å²) in [5, 5.41) is 5.20. The second-order valence-electron chi connectivity index (χ2n) is 6.25. The van der Waals surface area contributed by atoms with Gasteiger partial charge in [0.2, 0.25) is 5.88 Å². The molecule has 0 amide bonds. The van der Waals surface area contributed by atoms with E-state index in [1.54, 1.807) is 6.07 Å². The molecule has 0 saturated carbocycles. The van der Waals surface area contributed by atoms with Crippen LogP contribution in [0, 0.1) is 6.92 Å². The Morgan fingerprint density at radius 2 is 1.95 bits per heavy atom. The molecule has 4 nitrogen and oxygen atoms in total. The number of fused-ring (bicyclic) bond motifs is 1. The number of benzene rings is 1. The van der Waals surface area contributed by atoms with Crippen LogP contribution in [0.3, 0.4) is 0 Å². The SMILES string of the molecule is Cc1[nH]c2ccc(C(C)(C)C)cc2c1-c1cc(N)on1. The van der Waals surface area contributed by atoms with Crippen LogP contribution in [0.25, 0.3) is 22.2 Å². The first-order valence-electron chi connectivity index (χ1n) is 6.71. The van der Waals surface area contributed by atoms with Crippen molar-refractivity contribution in [3.05, 3.63) is 35.5 Å². The molecule has 2 aromatic heterocycles. The van der Waals surface area contributed by atoms with Crippen molar-refractivity contribution in [3.8, 4) is 11.3 Å². The highest BCUT2D eigenvalue weighted by molar-refractivity contribution is 5.97. The van der Waals surface area contributed by atoms with Crippen LogP contribution >= 0.6 is 0 Å². The maximum Gasteiger partial charge on any atom is 0.222 e. The zero-order valence-corrected chi connectivity index (χ0v) is 12.2. The fraction of sp³-hybridized carbons (Fsp3) is 0.312. The average Bonchev–Trinajstić information content (AvgIpc) is 2.89. The molecule has 0 atom stereocenters. The molecule has 104 valence electrons. The fourth-order valence-corrected chi connectivity index (χ4v) is 2.53. The van der Waals surface area contributed by atoms with Gasteiger partial charge in [0.1, 0.15) is 5.69 Å². The van der Waals surface area contributed by atoms with Crippen LogP contribution in [0.1, 0.15) is 32.0 Å². The average molecular weight is 269 g/mol. The Bertz CT molecular complexity index is 775. The van der Waals surface area contributed by atoms with E-state index in [-0.39, 0.29) is 5.41 Å². The van der Waals surface area contributed by atoms with Crippen molar-refractivity contribution in [2.75, 3.05) is 5.73 Å². The summed E-state index contributed by atoms with van der Waals surface area (Å²) in [7, 11) is 0. The van der Waals surface area contributed by atoms with Gasteiger partial charge in [-0.05, 0) is 30.0 Å². The lowest BCUT2D eigenvalue weighted by Crippen LogP contribution is -2.10. The van der Waals surface area contributed by atoms with Crippen LogP contribution in [0.4, 0.5) is 5.88 Å². The Hall–Kier alpha value is -2.23. The van der Waals surface area contributed by atoms with E-state index < -0.39 is 0 Å². The van der Waals surface area contributed by atoms with Crippen LogP contribution in [0.2, 0.25) is 0 Å². The molecule has 3 aromatic rings. The lowest BCUT2D eigenvalue weighted by Gasteiger charge is -2.19. The van der Waals surface area contributed by atoms with Crippen molar-refractivity contribution in [1.29, 1.82) is 0 Å². The van der Waals surface area contributed by atoms with Crippen molar-refractivity contribution >= 4 is 16.8 Å². The molecule has 0 unspecified atom stereocenters. The van der Waals surface area contributed by atoms with Gasteiger partial charge in [-0.15, -0.1) is 0 Å².